The van der Waals surface area contributed by atoms with E-state index in [2.05, 4.69) is 5.32 Å². The van der Waals surface area contributed by atoms with Crippen molar-refractivity contribution in [3.63, 3.8) is 0 Å². The third-order valence-corrected chi connectivity index (χ3v) is 1.78. The maximum Gasteiger partial charge on any atom is 0.126 e. The summed E-state index contributed by atoms with van der Waals surface area (Å²) in [5.41, 5.74) is 0.790. The quantitative estimate of drug-likeness (QED) is 0.766. The third kappa shape index (κ3) is 8.42. The van der Waals surface area contributed by atoms with Crippen LogP contribution in [0.15, 0.2) is 24.3 Å². The number of rotatable bonds is 4. The first-order chi connectivity index (χ1) is 7.84. The summed E-state index contributed by atoms with van der Waals surface area (Å²) in [4.78, 5) is 0. The summed E-state index contributed by atoms with van der Waals surface area (Å²) in [6.07, 6.45) is 0.764. The van der Waals surface area contributed by atoms with Crippen LogP contribution in [-0.4, -0.2) is 13.1 Å². The summed E-state index contributed by atoms with van der Waals surface area (Å²) >= 11 is 0. The van der Waals surface area contributed by atoms with E-state index in [9.17, 15) is 4.39 Å². The maximum atomic E-state index is 13.0. The standard InChI is InChI=1S/C10H14FN.2C2H6/c1-2-12-8-7-9-5-3-4-6-10(9)11;2*1-2/h3-6,12H,2,7-8H2,1H3;2*1-2H3. The van der Waals surface area contributed by atoms with E-state index < -0.39 is 0 Å². The van der Waals surface area contributed by atoms with Gasteiger partial charge in [0.1, 0.15) is 5.82 Å². The first-order valence-electron chi connectivity index (χ1n) is 6.28. The number of nitrogens with one attached hydrogen (secondary N) is 1. The fraction of sp³-hybridized carbons (Fsp3) is 0.571. The number of hydrogen-bond acceptors (Lipinski definition) is 1. The van der Waals surface area contributed by atoms with E-state index in [0.29, 0.717) is 0 Å². The van der Waals surface area contributed by atoms with E-state index in [4.69, 9.17) is 0 Å². The van der Waals surface area contributed by atoms with Crippen molar-refractivity contribution in [2.45, 2.75) is 41.0 Å². The van der Waals surface area contributed by atoms with Gasteiger partial charge in [0.25, 0.3) is 0 Å². The van der Waals surface area contributed by atoms with E-state index >= 15 is 0 Å². The molecule has 0 aliphatic carbocycles. The molecule has 0 aromatic heterocycles. The van der Waals surface area contributed by atoms with Crippen LogP contribution in [0.2, 0.25) is 0 Å². The van der Waals surface area contributed by atoms with Gasteiger partial charge in [-0.25, -0.2) is 4.39 Å². The van der Waals surface area contributed by atoms with Gasteiger partial charge in [-0.2, -0.15) is 0 Å². The fourth-order valence-corrected chi connectivity index (χ4v) is 1.10. The molecule has 0 aliphatic rings. The number of likely N-dealkylation sites (N-methyl/N-ethyl adjacent to an activating group) is 1. The minimum absolute atomic E-state index is 0.101. The molecule has 1 rings (SSSR count). The molecule has 0 amide bonds. The molecule has 16 heavy (non-hydrogen) atoms. The number of benzene rings is 1. The Kier molecular flexibility index (Phi) is 15.4. The average Bonchev–Trinajstić information content (AvgIpc) is 2.37. The topological polar surface area (TPSA) is 12.0 Å². The first-order valence-corrected chi connectivity index (χ1v) is 6.28. The van der Waals surface area contributed by atoms with Crippen molar-refractivity contribution in [3.05, 3.63) is 35.6 Å². The van der Waals surface area contributed by atoms with Crippen molar-refractivity contribution in [2.75, 3.05) is 13.1 Å². The molecule has 1 aromatic rings. The third-order valence-electron chi connectivity index (χ3n) is 1.78. The summed E-state index contributed by atoms with van der Waals surface area (Å²) in [6, 6.07) is 6.91. The molecular formula is C14H26FN. The highest BCUT2D eigenvalue weighted by atomic mass is 19.1. The van der Waals surface area contributed by atoms with E-state index in [1.165, 1.54) is 6.07 Å². The highest BCUT2D eigenvalue weighted by molar-refractivity contribution is 5.17. The summed E-state index contributed by atoms with van der Waals surface area (Å²) in [5.74, 6) is -0.101. The summed E-state index contributed by atoms with van der Waals surface area (Å²) in [7, 11) is 0. The van der Waals surface area contributed by atoms with Gasteiger partial charge >= 0.3 is 0 Å². The lowest BCUT2D eigenvalue weighted by molar-refractivity contribution is 0.601. The second-order valence-corrected chi connectivity index (χ2v) is 2.69. The van der Waals surface area contributed by atoms with Crippen LogP contribution >= 0.6 is 0 Å². The molecule has 0 aliphatic heterocycles. The average molecular weight is 227 g/mol. The van der Waals surface area contributed by atoms with E-state index in [-0.39, 0.29) is 5.82 Å². The molecule has 0 atom stereocenters. The van der Waals surface area contributed by atoms with Crippen LogP contribution in [0.3, 0.4) is 0 Å². The van der Waals surface area contributed by atoms with Gasteiger partial charge in [-0.15, -0.1) is 0 Å². The molecule has 0 saturated carbocycles. The molecule has 1 N–H and O–H groups in total. The number of halogens is 1. The monoisotopic (exact) mass is 227 g/mol. The van der Waals surface area contributed by atoms with Crippen molar-refractivity contribution in [1.29, 1.82) is 0 Å². The van der Waals surface area contributed by atoms with E-state index in [1.54, 1.807) is 6.07 Å². The molecule has 0 unspecified atom stereocenters. The molecule has 1 aromatic carbocycles. The zero-order valence-corrected chi connectivity index (χ0v) is 11.3. The Bertz CT molecular complexity index is 236. The highest BCUT2D eigenvalue weighted by Crippen LogP contribution is 2.05. The van der Waals surface area contributed by atoms with Crippen LogP contribution in [0, 0.1) is 5.82 Å². The van der Waals surface area contributed by atoms with Crippen LogP contribution in [0.25, 0.3) is 0 Å². The summed E-state index contributed by atoms with van der Waals surface area (Å²) < 4.78 is 13.0. The number of hydrogen-bond donors (Lipinski definition) is 1. The lowest BCUT2D eigenvalue weighted by Gasteiger charge is -2.02. The van der Waals surface area contributed by atoms with Crippen LogP contribution in [0.4, 0.5) is 4.39 Å². The van der Waals surface area contributed by atoms with Crippen LogP contribution in [0.5, 0.6) is 0 Å². The normalized spacial score (nSPS) is 8.38. The molecule has 0 saturated heterocycles. The second-order valence-electron chi connectivity index (χ2n) is 2.69. The Morgan fingerprint density at radius 1 is 1.06 bits per heavy atom. The molecular weight excluding hydrogens is 201 g/mol. The Balaban J connectivity index is 0. The first kappa shape index (κ1) is 17.5. The van der Waals surface area contributed by atoms with Gasteiger partial charge < -0.3 is 5.32 Å². The molecule has 94 valence electrons. The summed E-state index contributed by atoms with van der Waals surface area (Å²) in [6.45, 7) is 11.8. The molecule has 0 heterocycles. The van der Waals surface area contributed by atoms with Gasteiger partial charge in [-0.05, 0) is 31.1 Å². The van der Waals surface area contributed by atoms with Crippen molar-refractivity contribution < 1.29 is 4.39 Å². The van der Waals surface area contributed by atoms with Gasteiger partial charge in [-0.1, -0.05) is 52.8 Å². The molecule has 1 nitrogen and oxygen atoms in total. The van der Waals surface area contributed by atoms with Crippen LogP contribution < -0.4 is 5.32 Å². The van der Waals surface area contributed by atoms with Crippen LogP contribution in [0.1, 0.15) is 40.2 Å². The molecule has 0 spiro atoms. The van der Waals surface area contributed by atoms with E-state index in [1.807, 2.05) is 46.8 Å². The van der Waals surface area contributed by atoms with E-state index in [0.717, 1.165) is 25.1 Å². The minimum atomic E-state index is -0.101. The largest absolute Gasteiger partial charge is 0.317 e. The smallest absolute Gasteiger partial charge is 0.126 e. The molecule has 0 radical (unpaired) electrons. The fourth-order valence-electron chi connectivity index (χ4n) is 1.10. The minimum Gasteiger partial charge on any atom is -0.317 e. The maximum absolute atomic E-state index is 13.0. The zero-order valence-electron chi connectivity index (χ0n) is 11.3. The van der Waals surface area contributed by atoms with Crippen molar-refractivity contribution in [3.8, 4) is 0 Å². The summed E-state index contributed by atoms with van der Waals surface area (Å²) in [5, 5.41) is 3.16. The van der Waals surface area contributed by atoms with Gasteiger partial charge in [0.15, 0.2) is 0 Å². The Morgan fingerprint density at radius 3 is 2.12 bits per heavy atom. The molecule has 2 heteroatoms. The Labute approximate surface area is 100 Å². The van der Waals surface area contributed by atoms with Gasteiger partial charge in [0.2, 0.25) is 0 Å². The van der Waals surface area contributed by atoms with Crippen molar-refractivity contribution in [1.82, 2.24) is 5.32 Å². The second kappa shape index (κ2) is 14.1. The highest BCUT2D eigenvalue weighted by Gasteiger charge is 1.98. The van der Waals surface area contributed by atoms with Gasteiger partial charge in [0, 0.05) is 0 Å². The van der Waals surface area contributed by atoms with Gasteiger partial charge in [-0.3, -0.25) is 0 Å². The lowest BCUT2D eigenvalue weighted by Crippen LogP contribution is -2.16. The molecule has 0 bridgehead atoms. The van der Waals surface area contributed by atoms with Crippen molar-refractivity contribution in [2.24, 2.45) is 0 Å². The Hall–Kier alpha value is -0.890. The predicted octanol–water partition coefficient (Wildman–Crippen LogP) is 4.03. The van der Waals surface area contributed by atoms with Crippen LogP contribution in [-0.2, 0) is 6.42 Å². The SMILES string of the molecule is CC.CC.CCNCCc1ccccc1F. The van der Waals surface area contributed by atoms with Crippen molar-refractivity contribution >= 4 is 0 Å². The van der Waals surface area contributed by atoms with Gasteiger partial charge in [0.05, 0.1) is 0 Å². The Morgan fingerprint density at radius 2 is 1.62 bits per heavy atom. The predicted molar refractivity (Wildman–Crippen MR) is 71.3 cm³/mol. The zero-order chi connectivity index (χ0) is 12.8. The lowest BCUT2D eigenvalue weighted by atomic mass is 10.1. The molecule has 0 fully saturated rings.